The molecular weight excluding hydrogens is 446 g/mol. The maximum absolute atomic E-state index is 10.7. The molecule has 9 nitrogen and oxygen atoms in total. The number of non-ortho nitro benzene ring substituents is 2. The zero-order valence-electron chi connectivity index (χ0n) is 18.3. The summed E-state index contributed by atoms with van der Waals surface area (Å²) >= 11 is 0. The number of aliphatic imine (C=N–C) groups is 2. The zero-order chi connectivity index (χ0) is 24.6. The molecule has 4 rings (SSSR count). The largest absolute Gasteiger partial charge is 0.356 e. The van der Waals surface area contributed by atoms with E-state index >= 15 is 0 Å². The Hall–Kier alpha value is -5.18. The average molecular weight is 465 g/mol. The average Bonchev–Trinajstić information content (AvgIpc) is 2.88. The number of nitrogens with one attached hydrogen (secondary N) is 1. The van der Waals surface area contributed by atoms with E-state index in [1.54, 1.807) is 36.7 Å². The molecule has 0 heterocycles. The molecule has 0 spiro atoms. The molecule has 0 amide bonds. The van der Waals surface area contributed by atoms with E-state index in [1.807, 2.05) is 48.5 Å². The first kappa shape index (κ1) is 23.0. The third-order valence-electron chi connectivity index (χ3n) is 4.96. The van der Waals surface area contributed by atoms with Crippen molar-refractivity contribution < 1.29 is 9.85 Å². The lowest BCUT2D eigenvalue weighted by Gasteiger charge is -2.07. The van der Waals surface area contributed by atoms with Gasteiger partial charge in [0, 0.05) is 48.1 Å². The van der Waals surface area contributed by atoms with Gasteiger partial charge >= 0.3 is 0 Å². The number of rotatable bonds is 8. The van der Waals surface area contributed by atoms with E-state index in [0.29, 0.717) is 0 Å². The predicted octanol–water partition coefficient (Wildman–Crippen LogP) is 6.75. The number of nitro benzene ring substituents is 2. The first-order chi connectivity index (χ1) is 17.0. The lowest BCUT2D eigenvalue weighted by Crippen LogP contribution is -1.89. The molecule has 0 aliphatic carbocycles. The van der Waals surface area contributed by atoms with Gasteiger partial charge in [0.1, 0.15) is 0 Å². The summed E-state index contributed by atoms with van der Waals surface area (Å²) in [7, 11) is 0. The maximum atomic E-state index is 10.7. The van der Waals surface area contributed by atoms with E-state index in [1.165, 1.54) is 24.3 Å². The quantitative estimate of drug-likeness (QED) is 0.175. The Bertz CT molecular complexity index is 1270. The monoisotopic (exact) mass is 465 g/mol. The summed E-state index contributed by atoms with van der Waals surface area (Å²) < 4.78 is 0. The van der Waals surface area contributed by atoms with Crippen molar-refractivity contribution in [1.82, 2.24) is 0 Å². The third kappa shape index (κ3) is 6.42. The standard InChI is InChI=1S/C26H19N5O4/c32-30(33)25-13-1-19(2-14-25)17-27-21-5-9-23(10-6-21)29-24-11-7-22(8-12-24)28-18-20-3-15-26(16-4-20)31(34)35/h1-18,29H/b27-17+,28-18+. The number of nitrogens with zero attached hydrogens (tertiary/aromatic N) is 4. The second-order valence-electron chi connectivity index (χ2n) is 7.43. The summed E-state index contributed by atoms with van der Waals surface area (Å²) in [6, 6.07) is 27.5. The van der Waals surface area contributed by atoms with Crippen molar-refractivity contribution in [2.45, 2.75) is 0 Å². The van der Waals surface area contributed by atoms with Gasteiger partial charge in [0.15, 0.2) is 0 Å². The van der Waals surface area contributed by atoms with Crippen LogP contribution in [0.25, 0.3) is 0 Å². The van der Waals surface area contributed by atoms with E-state index < -0.39 is 9.85 Å². The van der Waals surface area contributed by atoms with Gasteiger partial charge in [-0.3, -0.25) is 30.2 Å². The number of hydrogen-bond donors (Lipinski definition) is 1. The molecule has 0 unspecified atom stereocenters. The van der Waals surface area contributed by atoms with E-state index in [-0.39, 0.29) is 11.4 Å². The van der Waals surface area contributed by atoms with Crippen LogP contribution in [0.4, 0.5) is 34.1 Å². The highest BCUT2D eigenvalue weighted by Gasteiger charge is 2.03. The summed E-state index contributed by atoms with van der Waals surface area (Å²) in [5.74, 6) is 0. The zero-order valence-corrected chi connectivity index (χ0v) is 18.3. The molecule has 9 heteroatoms. The van der Waals surface area contributed by atoms with Crippen LogP contribution in [0.3, 0.4) is 0 Å². The van der Waals surface area contributed by atoms with Crippen molar-refractivity contribution in [3.8, 4) is 0 Å². The van der Waals surface area contributed by atoms with Crippen LogP contribution in [0.2, 0.25) is 0 Å². The van der Waals surface area contributed by atoms with Crippen molar-refractivity contribution in [2.75, 3.05) is 5.32 Å². The minimum Gasteiger partial charge on any atom is -0.356 e. The molecule has 0 bridgehead atoms. The Balaban J connectivity index is 1.33. The van der Waals surface area contributed by atoms with Gasteiger partial charge < -0.3 is 5.32 Å². The van der Waals surface area contributed by atoms with Crippen LogP contribution in [-0.4, -0.2) is 22.3 Å². The second-order valence-corrected chi connectivity index (χ2v) is 7.43. The van der Waals surface area contributed by atoms with Crippen molar-refractivity contribution in [1.29, 1.82) is 0 Å². The van der Waals surface area contributed by atoms with E-state index in [2.05, 4.69) is 15.3 Å². The molecule has 0 aromatic heterocycles. The van der Waals surface area contributed by atoms with Crippen molar-refractivity contribution >= 4 is 46.6 Å². The van der Waals surface area contributed by atoms with Gasteiger partial charge in [-0.2, -0.15) is 0 Å². The molecule has 0 aliphatic rings. The summed E-state index contributed by atoms with van der Waals surface area (Å²) in [5, 5.41) is 24.8. The number of hydrogen-bond acceptors (Lipinski definition) is 7. The first-order valence-electron chi connectivity index (χ1n) is 10.5. The molecule has 0 saturated carbocycles. The van der Waals surface area contributed by atoms with Crippen LogP contribution in [0.15, 0.2) is 107 Å². The van der Waals surface area contributed by atoms with Crippen molar-refractivity contribution in [2.24, 2.45) is 9.98 Å². The molecule has 0 aliphatic heterocycles. The Labute approximate surface area is 200 Å². The van der Waals surface area contributed by atoms with Gasteiger partial charge in [-0.1, -0.05) is 0 Å². The van der Waals surface area contributed by atoms with Gasteiger partial charge in [-0.15, -0.1) is 0 Å². The molecule has 4 aromatic carbocycles. The number of nitro groups is 2. The van der Waals surface area contributed by atoms with Gasteiger partial charge in [0.05, 0.1) is 21.2 Å². The Kier molecular flexibility index (Phi) is 6.98. The highest BCUT2D eigenvalue weighted by Crippen LogP contribution is 2.23. The normalized spacial score (nSPS) is 11.1. The van der Waals surface area contributed by atoms with E-state index in [0.717, 1.165) is 33.9 Å². The molecule has 0 atom stereocenters. The lowest BCUT2D eigenvalue weighted by molar-refractivity contribution is -0.385. The molecule has 4 aromatic rings. The minimum absolute atomic E-state index is 0.0434. The predicted molar refractivity (Wildman–Crippen MR) is 137 cm³/mol. The second kappa shape index (κ2) is 10.6. The summed E-state index contributed by atoms with van der Waals surface area (Å²) in [6.45, 7) is 0. The smallest absolute Gasteiger partial charge is 0.269 e. The van der Waals surface area contributed by atoms with Crippen LogP contribution in [0, 0.1) is 20.2 Å². The third-order valence-corrected chi connectivity index (χ3v) is 4.96. The van der Waals surface area contributed by atoms with Gasteiger partial charge in [-0.25, -0.2) is 0 Å². The van der Waals surface area contributed by atoms with Crippen LogP contribution >= 0.6 is 0 Å². The fraction of sp³-hybridized carbons (Fsp3) is 0. The highest BCUT2D eigenvalue weighted by molar-refractivity contribution is 5.83. The van der Waals surface area contributed by atoms with Crippen LogP contribution in [-0.2, 0) is 0 Å². The van der Waals surface area contributed by atoms with Crippen LogP contribution in [0.1, 0.15) is 11.1 Å². The molecule has 1 N–H and O–H groups in total. The minimum atomic E-state index is -0.435. The first-order valence-corrected chi connectivity index (χ1v) is 10.5. The van der Waals surface area contributed by atoms with Gasteiger partial charge in [0.25, 0.3) is 11.4 Å². The molecule has 172 valence electrons. The fourth-order valence-electron chi connectivity index (χ4n) is 3.09. The Morgan fingerprint density at radius 2 is 0.886 bits per heavy atom. The molecule has 0 radical (unpaired) electrons. The van der Waals surface area contributed by atoms with Crippen LogP contribution < -0.4 is 5.32 Å². The van der Waals surface area contributed by atoms with E-state index in [4.69, 9.17) is 0 Å². The Morgan fingerprint density at radius 3 is 1.20 bits per heavy atom. The number of benzene rings is 4. The number of anilines is 2. The lowest BCUT2D eigenvalue weighted by atomic mass is 10.2. The topological polar surface area (TPSA) is 123 Å². The molecular formula is C26H19N5O4. The summed E-state index contributed by atoms with van der Waals surface area (Å²) in [4.78, 5) is 29.4. The molecule has 0 saturated heterocycles. The van der Waals surface area contributed by atoms with Gasteiger partial charge in [-0.05, 0) is 83.9 Å². The maximum Gasteiger partial charge on any atom is 0.269 e. The summed E-state index contributed by atoms with van der Waals surface area (Å²) in [5.41, 5.74) is 4.92. The SMILES string of the molecule is O=[N+]([O-])c1ccc(/C=N/c2ccc(Nc3ccc(/N=C/c4ccc([N+](=O)[O-])cc4)cc3)cc2)cc1. The fourth-order valence-corrected chi connectivity index (χ4v) is 3.09. The van der Waals surface area contributed by atoms with Crippen LogP contribution in [0.5, 0.6) is 0 Å². The van der Waals surface area contributed by atoms with E-state index in [9.17, 15) is 20.2 Å². The van der Waals surface area contributed by atoms with Crippen molar-refractivity contribution in [3.63, 3.8) is 0 Å². The molecule has 0 fully saturated rings. The Morgan fingerprint density at radius 1 is 0.543 bits per heavy atom. The molecule has 35 heavy (non-hydrogen) atoms. The summed E-state index contributed by atoms with van der Waals surface area (Å²) in [6.07, 6.45) is 3.31. The van der Waals surface area contributed by atoms with Crippen molar-refractivity contribution in [3.05, 3.63) is 128 Å². The highest BCUT2D eigenvalue weighted by atomic mass is 16.6. The van der Waals surface area contributed by atoms with Gasteiger partial charge in [0.2, 0.25) is 0 Å².